The summed E-state index contributed by atoms with van der Waals surface area (Å²) in [5.41, 5.74) is -1.53. The molecule has 1 heterocycles. The zero-order chi connectivity index (χ0) is 19.6. The predicted octanol–water partition coefficient (Wildman–Crippen LogP) is 3.13. The average Bonchev–Trinajstić information content (AvgIpc) is 2.64. The van der Waals surface area contributed by atoms with E-state index in [4.69, 9.17) is 5.11 Å². The summed E-state index contributed by atoms with van der Waals surface area (Å²) in [6.45, 7) is -0.126. The number of hydrogen-bond donors (Lipinski definition) is 2. The van der Waals surface area contributed by atoms with Crippen LogP contribution in [0.5, 0.6) is 5.88 Å². The average molecular weight is 376 g/mol. The van der Waals surface area contributed by atoms with Gasteiger partial charge >= 0.3 is 6.18 Å². The lowest BCUT2D eigenvalue weighted by Crippen LogP contribution is -2.20. The summed E-state index contributed by atoms with van der Waals surface area (Å²) in [6, 6.07) is 10.6. The maximum atomic E-state index is 13.0. The second kappa shape index (κ2) is 7.24. The van der Waals surface area contributed by atoms with Crippen molar-refractivity contribution in [1.82, 2.24) is 4.57 Å². The highest BCUT2D eigenvalue weighted by molar-refractivity contribution is 6.01. The van der Waals surface area contributed by atoms with Gasteiger partial charge in [0.05, 0.1) is 30.0 Å². The molecule has 8 heteroatoms. The Labute approximate surface area is 151 Å². The highest BCUT2D eigenvalue weighted by Crippen LogP contribution is 2.32. The van der Waals surface area contributed by atoms with Gasteiger partial charge in [-0.3, -0.25) is 9.79 Å². The molecule has 0 amide bonds. The van der Waals surface area contributed by atoms with Crippen LogP contribution >= 0.6 is 0 Å². The minimum atomic E-state index is -4.59. The van der Waals surface area contributed by atoms with E-state index in [1.54, 1.807) is 18.2 Å². The molecule has 0 saturated heterocycles. The molecule has 140 valence electrons. The van der Waals surface area contributed by atoms with Crippen molar-refractivity contribution in [3.8, 4) is 11.6 Å². The van der Waals surface area contributed by atoms with E-state index < -0.39 is 23.2 Å². The number of alkyl halides is 3. The standard InChI is InChI=1S/C19H15F3N2O3/c20-19(21,22)12-4-3-5-13(10-12)24-17(26)15-7-2-1-6-14(15)16(18(24)27)11-23-8-9-25/h1-7,10-11,25,27H,8-9H2. The van der Waals surface area contributed by atoms with E-state index in [1.807, 2.05) is 0 Å². The van der Waals surface area contributed by atoms with E-state index in [-0.39, 0.29) is 29.8 Å². The van der Waals surface area contributed by atoms with Crippen LogP contribution in [-0.4, -0.2) is 34.1 Å². The number of aromatic hydroxyl groups is 1. The number of rotatable bonds is 4. The molecule has 0 aliphatic rings. The molecule has 0 atom stereocenters. The molecule has 0 radical (unpaired) electrons. The van der Waals surface area contributed by atoms with Gasteiger partial charge in [-0.05, 0) is 24.3 Å². The predicted molar refractivity (Wildman–Crippen MR) is 95.8 cm³/mol. The number of fused-ring (bicyclic) bond motifs is 1. The number of aliphatic imine (C=N–C) groups is 1. The first-order valence-electron chi connectivity index (χ1n) is 7.99. The van der Waals surface area contributed by atoms with Gasteiger partial charge in [-0.1, -0.05) is 24.3 Å². The molecule has 3 aromatic rings. The van der Waals surface area contributed by atoms with E-state index in [1.165, 1.54) is 24.4 Å². The number of aliphatic hydroxyl groups is 1. The summed E-state index contributed by atoms with van der Waals surface area (Å²) in [5.74, 6) is -0.528. The molecular weight excluding hydrogens is 361 g/mol. The van der Waals surface area contributed by atoms with Crippen molar-refractivity contribution in [3.05, 3.63) is 70.0 Å². The molecule has 3 rings (SSSR count). The van der Waals surface area contributed by atoms with Gasteiger partial charge < -0.3 is 10.2 Å². The lowest BCUT2D eigenvalue weighted by Gasteiger charge is -2.15. The minimum Gasteiger partial charge on any atom is -0.494 e. The van der Waals surface area contributed by atoms with Crippen LogP contribution in [0.2, 0.25) is 0 Å². The van der Waals surface area contributed by atoms with E-state index in [0.717, 1.165) is 16.7 Å². The Kier molecular flexibility index (Phi) is 5.00. The molecular formula is C19H15F3N2O3. The minimum absolute atomic E-state index is 0.0798. The van der Waals surface area contributed by atoms with Crippen LogP contribution in [0.1, 0.15) is 11.1 Å². The second-order valence-electron chi connectivity index (χ2n) is 5.73. The molecule has 1 aromatic heterocycles. The number of aliphatic hydroxyl groups excluding tert-OH is 1. The number of aromatic nitrogens is 1. The number of nitrogens with zero attached hydrogens (tertiary/aromatic N) is 2. The van der Waals surface area contributed by atoms with E-state index in [2.05, 4.69) is 4.99 Å². The molecule has 5 nitrogen and oxygen atoms in total. The first-order valence-corrected chi connectivity index (χ1v) is 7.99. The molecule has 0 aliphatic carbocycles. The quantitative estimate of drug-likeness (QED) is 0.687. The Morgan fingerprint density at radius 2 is 1.78 bits per heavy atom. The normalized spacial score (nSPS) is 12.1. The maximum Gasteiger partial charge on any atom is 0.416 e. The Hall–Kier alpha value is -3.13. The fourth-order valence-electron chi connectivity index (χ4n) is 2.76. The van der Waals surface area contributed by atoms with Gasteiger partial charge in [0.2, 0.25) is 5.88 Å². The van der Waals surface area contributed by atoms with Crippen LogP contribution in [0.4, 0.5) is 13.2 Å². The monoisotopic (exact) mass is 376 g/mol. The Morgan fingerprint density at radius 3 is 2.44 bits per heavy atom. The fraction of sp³-hybridized carbons (Fsp3) is 0.158. The summed E-state index contributed by atoms with van der Waals surface area (Å²) in [4.78, 5) is 16.8. The molecule has 0 unspecified atom stereocenters. The van der Waals surface area contributed by atoms with Crippen molar-refractivity contribution in [2.75, 3.05) is 13.2 Å². The van der Waals surface area contributed by atoms with Gasteiger partial charge in [0.15, 0.2) is 0 Å². The van der Waals surface area contributed by atoms with Crippen molar-refractivity contribution in [3.63, 3.8) is 0 Å². The highest BCUT2D eigenvalue weighted by Gasteiger charge is 2.31. The Balaban J connectivity index is 2.33. The Bertz CT molecular complexity index is 1070. The molecule has 27 heavy (non-hydrogen) atoms. The first-order chi connectivity index (χ1) is 12.8. The number of hydrogen-bond acceptors (Lipinski definition) is 4. The zero-order valence-electron chi connectivity index (χ0n) is 13.9. The third-order valence-electron chi connectivity index (χ3n) is 3.98. The lowest BCUT2D eigenvalue weighted by molar-refractivity contribution is -0.137. The molecule has 0 fully saturated rings. The summed E-state index contributed by atoms with van der Waals surface area (Å²) in [5, 5.41) is 20.1. The van der Waals surface area contributed by atoms with Crippen LogP contribution < -0.4 is 5.56 Å². The van der Waals surface area contributed by atoms with Crippen molar-refractivity contribution in [2.24, 2.45) is 4.99 Å². The van der Waals surface area contributed by atoms with Crippen molar-refractivity contribution in [1.29, 1.82) is 0 Å². The molecule has 0 aliphatic heterocycles. The molecule has 2 N–H and O–H groups in total. The third-order valence-corrected chi connectivity index (χ3v) is 3.98. The summed E-state index contributed by atoms with van der Waals surface area (Å²) < 4.78 is 39.9. The molecule has 0 saturated carbocycles. The van der Waals surface area contributed by atoms with E-state index in [0.29, 0.717) is 5.39 Å². The zero-order valence-corrected chi connectivity index (χ0v) is 13.9. The lowest BCUT2D eigenvalue weighted by atomic mass is 10.1. The van der Waals surface area contributed by atoms with Crippen molar-refractivity contribution >= 4 is 17.0 Å². The van der Waals surface area contributed by atoms with Gasteiger partial charge in [-0.2, -0.15) is 13.2 Å². The SMILES string of the molecule is O=c1c2ccccc2c(C=NCCO)c(O)n1-c1cccc(C(F)(F)F)c1. The van der Waals surface area contributed by atoms with Gasteiger partial charge in [0, 0.05) is 17.0 Å². The highest BCUT2D eigenvalue weighted by atomic mass is 19.4. The number of benzene rings is 2. The largest absolute Gasteiger partial charge is 0.494 e. The van der Waals surface area contributed by atoms with Crippen LogP contribution in [0, 0.1) is 0 Å². The smallest absolute Gasteiger partial charge is 0.416 e. The maximum absolute atomic E-state index is 13.0. The number of halogens is 3. The van der Waals surface area contributed by atoms with Crippen molar-refractivity contribution in [2.45, 2.75) is 6.18 Å². The first kappa shape index (κ1) is 18.7. The van der Waals surface area contributed by atoms with Gasteiger partial charge in [0.1, 0.15) is 0 Å². The van der Waals surface area contributed by atoms with Crippen LogP contribution in [-0.2, 0) is 6.18 Å². The molecule has 2 aromatic carbocycles. The van der Waals surface area contributed by atoms with Gasteiger partial charge in [-0.15, -0.1) is 0 Å². The summed E-state index contributed by atoms with van der Waals surface area (Å²) in [7, 11) is 0. The van der Waals surface area contributed by atoms with E-state index in [9.17, 15) is 23.1 Å². The van der Waals surface area contributed by atoms with Crippen LogP contribution in [0.3, 0.4) is 0 Å². The summed E-state index contributed by atoms with van der Waals surface area (Å²) >= 11 is 0. The van der Waals surface area contributed by atoms with Crippen molar-refractivity contribution < 1.29 is 23.4 Å². The second-order valence-corrected chi connectivity index (χ2v) is 5.73. The summed E-state index contributed by atoms with van der Waals surface area (Å²) in [6.07, 6.45) is -3.30. The number of pyridine rings is 1. The topological polar surface area (TPSA) is 74.8 Å². The fourth-order valence-corrected chi connectivity index (χ4v) is 2.76. The van der Waals surface area contributed by atoms with Crippen LogP contribution in [0.15, 0.2) is 58.3 Å². The van der Waals surface area contributed by atoms with Gasteiger partial charge in [-0.25, -0.2) is 4.57 Å². The van der Waals surface area contributed by atoms with Crippen LogP contribution in [0.25, 0.3) is 16.5 Å². The van der Waals surface area contributed by atoms with Gasteiger partial charge in [0.25, 0.3) is 5.56 Å². The van der Waals surface area contributed by atoms with E-state index >= 15 is 0 Å². The third kappa shape index (κ3) is 3.56. The molecule has 0 bridgehead atoms. The Morgan fingerprint density at radius 1 is 1.07 bits per heavy atom. The molecule has 0 spiro atoms.